The van der Waals surface area contributed by atoms with Gasteiger partial charge in [-0.15, -0.1) is 0 Å². The van der Waals surface area contributed by atoms with Gasteiger partial charge in [0.25, 0.3) is 0 Å². The van der Waals surface area contributed by atoms with Crippen LogP contribution in [0.3, 0.4) is 0 Å². The molecule has 0 bridgehead atoms. The molecule has 0 saturated heterocycles. The van der Waals surface area contributed by atoms with E-state index in [-0.39, 0.29) is 0 Å². The SMILES string of the molecule is CC(CCc1ccco1)NCc1ncc(Cl)n1C. The molecular weight excluding hydrogens is 250 g/mol. The zero-order valence-corrected chi connectivity index (χ0v) is 11.4. The Balaban J connectivity index is 1.74. The summed E-state index contributed by atoms with van der Waals surface area (Å²) >= 11 is 5.93. The normalized spacial score (nSPS) is 12.8. The lowest BCUT2D eigenvalue weighted by molar-refractivity contribution is 0.454. The lowest BCUT2D eigenvalue weighted by Crippen LogP contribution is -2.27. The number of imidazole rings is 1. The zero-order chi connectivity index (χ0) is 13.0. The van der Waals surface area contributed by atoms with E-state index in [1.165, 1.54) is 0 Å². The molecule has 0 aliphatic heterocycles. The topological polar surface area (TPSA) is 43.0 Å². The lowest BCUT2D eigenvalue weighted by Gasteiger charge is -2.12. The summed E-state index contributed by atoms with van der Waals surface area (Å²) in [6, 6.07) is 4.33. The Morgan fingerprint density at radius 2 is 2.39 bits per heavy atom. The summed E-state index contributed by atoms with van der Waals surface area (Å²) in [6.45, 7) is 2.88. The van der Waals surface area contributed by atoms with Crippen molar-refractivity contribution in [1.82, 2.24) is 14.9 Å². The van der Waals surface area contributed by atoms with E-state index in [1.807, 2.05) is 23.7 Å². The molecule has 98 valence electrons. The first kappa shape index (κ1) is 13.2. The van der Waals surface area contributed by atoms with Crippen LogP contribution in [0, 0.1) is 0 Å². The number of nitrogens with one attached hydrogen (secondary N) is 1. The standard InChI is InChI=1S/C13H18ClN3O/c1-10(5-6-11-4-3-7-18-11)15-9-13-16-8-12(14)17(13)2/h3-4,7-8,10,15H,5-6,9H2,1-2H3. The van der Waals surface area contributed by atoms with Crippen molar-refractivity contribution in [2.75, 3.05) is 0 Å². The molecule has 0 fully saturated rings. The molecule has 0 aromatic carbocycles. The Morgan fingerprint density at radius 3 is 3.00 bits per heavy atom. The molecule has 0 saturated carbocycles. The highest BCUT2D eigenvalue weighted by Crippen LogP contribution is 2.10. The highest BCUT2D eigenvalue weighted by Gasteiger charge is 2.07. The highest BCUT2D eigenvalue weighted by atomic mass is 35.5. The van der Waals surface area contributed by atoms with Crippen molar-refractivity contribution in [3.8, 4) is 0 Å². The number of hydrogen-bond acceptors (Lipinski definition) is 3. The van der Waals surface area contributed by atoms with Gasteiger partial charge in [0.2, 0.25) is 0 Å². The number of nitrogens with zero attached hydrogens (tertiary/aromatic N) is 2. The van der Waals surface area contributed by atoms with Crippen molar-refractivity contribution in [3.05, 3.63) is 41.3 Å². The first-order valence-electron chi connectivity index (χ1n) is 6.08. The number of aryl methyl sites for hydroxylation is 1. The largest absolute Gasteiger partial charge is 0.469 e. The molecule has 2 heterocycles. The van der Waals surface area contributed by atoms with Crippen LogP contribution in [0.5, 0.6) is 0 Å². The van der Waals surface area contributed by atoms with Gasteiger partial charge in [-0.1, -0.05) is 11.6 Å². The fraction of sp³-hybridized carbons (Fsp3) is 0.462. The Bertz CT molecular complexity index is 478. The monoisotopic (exact) mass is 267 g/mol. The van der Waals surface area contributed by atoms with E-state index in [4.69, 9.17) is 16.0 Å². The molecule has 2 rings (SSSR count). The summed E-state index contributed by atoms with van der Waals surface area (Å²) in [4.78, 5) is 4.25. The van der Waals surface area contributed by atoms with Crippen LogP contribution in [0.2, 0.25) is 5.15 Å². The van der Waals surface area contributed by atoms with Gasteiger partial charge >= 0.3 is 0 Å². The minimum atomic E-state index is 0.408. The third-order valence-electron chi connectivity index (χ3n) is 3.04. The highest BCUT2D eigenvalue weighted by molar-refractivity contribution is 6.29. The Kier molecular flexibility index (Phi) is 4.44. The van der Waals surface area contributed by atoms with E-state index in [0.29, 0.717) is 11.2 Å². The van der Waals surface area contributed by atoms with E-state index in [9.17, 15) is 0 Å². The molecule has 1 atom stereocenters. The van der Waals surface area contributed by atoms with Crippen LogP contribution in [0.15, 0.2) is 29.0 Å². The van der Waals surface area contributed by atoms with Crippen LogP contribution < -0.4 is 5.32 Å². The third kappa shape index (κ3) is 3.37. The van der Waals surface area contributed by atoms with Crippen LogP contribution >= 0.6 is 11.6 Å². The maximum absolute atomic E-state index is 5.93. The molecule has 0 aliphatic rings. The van der Waals surface area contributed by atoms with Gasteiger partial charge in [0.05, 0.1) is 19.0 Å². The maximum Gasteiger partial charge on any atom is 0.128 e. The van der Waals surface area contributed by atoms with Gasteiger partial charge in [-0.2, -0.15) is 0 Å². The Hall–Kier alpha value is -1.26. The summed E-state index contributed by atoms with van der Waals surface area (Å²) in [7, 11) is 1.92. The van der Waals surface area contributed by atoms with Crippen molar-refractivity contribution < 1.29 is 4.42 Å². The average molecular weight is 268 g/mol. The van der Waals surface area contributed by atoms with Gasteiger partial charge < -0.3 is 14.3 Å². The average Bonchev–Trinajstić information content (AvgIpc) is 2.97. The summed E-state index contributed by atoms with van der Waals surface area (Å²) in [5, 5.41) is 4.09. The van der Waals surface area contributed by atoms with Gasteiger partial charge in [-0.25, -0.2) is 4.98 Å². The fourth-order valence-electron chi connectivity index (χ4n) is 1.77. The summed E-state index contributed by atoms with van der Waals surface area (Å²) in [6.07, 6.45) is 5.36. The van der Waals surface area contributed by atoms with E-state index in [1.54, 1.807) is 12.5 Å². The van der Waals surface area contributed by atoms with E-state index < -0.39 is 0 Å². The zero-order valence-electron chi connectivity index (χ0n) is 10.7. The molecule has 18 heavy (non-hydrogen) atoms. The molecular formula is C13H18ClN3O. The third-order valence-corrected chi connectivity index (χ3v) is 3.39. The van der Waals surface area contributed by atoms with E-state index in [2.05, 4.69) is 17.2 Å². The second-order valence-electron chi connectivity index (χ2n) is 4.46. The fourth-order valence-corrected chi connectivity index (χ4v) is 1.92. The first-order valence-corrected chi connectivity index (χ1v) is 6.46. The molecule has 0 spiro atoms. The van der Waals surface area contributed by atoms with E-state index >= 15 is 0 Å². The van der Waals surface area contributed by atoms with Gasteiger partial charge in [-0.05, 0) is 25.5 Å². The molecule has 1 N–H and O–H groups in total. The Morgan fingerprint density at radius 1 is 1.56 bits per heavy atom. The molecule has 4 nitrogen and oxygen atoms in total. The van der Waals surface area contributed by atoms with Crippen LogP contribution in [0.4, 0.5) is 0 Å². The Labute approximate surface area is 112 Å². The molecule has 0 aliphatic carbocycles. The number of rotatable bonds is 6. The van der Waals surface area contributed by atoms with Gasteiger partial charge in [0.1, 0.15) is 16.7 Å². The van der Waals surface area contributed by atoms with Gasteiger partial charge in [-0.3, -0.25) is 0 Å². The van der Waals surface area contributed by atoms with Crippen LogP contribution in [-0.2, 0) is 20.0 Å². The van der Waals surface area contributed by atoms with Crippen molar-refractivity contribution in [1.29, 1.82) is 0 Å². The summed E-state index contributed by atoms with van der Waals surface area (Å²) in [5.74, 6) is 1.98. The van der Waals surface area contributed by atoms with Gasteiger partial charge in [0, 0.05) is 19.5 Å². The van der Waals surface area contributed by atoms with Crippen molar-refractivity contribution in [2.45, 2.75) is 32.4 Å². The quantitative estimate of drug-likeness (QED) is 0.875. The minimum absolute atomic E-state index is 0.408. The summed E-state index contributed by atoms with van der Waals surface area (Å²) < 4.78 is 7.19. The first-order chi connectivity index (χ1) is 8.66. The number of furan rings is 1. The molecule has 0 amide bonds. The van der Waals surface area contributed by atoms with Crippen molar-refractivity contribution in [3.63, 3.8) is 0 Å². The predicted octanol–water partition coefficient (Wildman–Crippen LogP) is 2.78. The second kappa shape index (κ2) is 6.07. The van der Waals surface area contributed by atoms with Crippen LogP contribution in [0.1, 0.15) is 24.9 Å². The smallest absolute Gasteiger partial charge is 0.128 e. The lowest BCUT2D eigenvalue weighted by atomic mass is 10.1. The van der Waals surface area contributed by atoms with Crippen molar-refractivity contribution >= 4 is 11.6 Å². The number of halogens is 1. The molecule has 5 heteroatoms. The predicted molar refractivity (Wildman–Crippen MR) is 71.5 cm³/mol. The van der Waals surface area contributed by atoms with Gasteiger partial charge in [0.15, 0.2) is 0 Å². The molecule has 1 unspecified atom stereocenters. The molecule has 2 aromatic rings. The minimum Gasteiger partial charge on any atom is -0.469 e. The van der Waals surface area contributed by atoms with Crippen LogP contribution in [0.25, 0.3) is 0 Å². The van der Waals surface area contributed by atoms with Crippen LogP contribution in [-0.4, -0.2) is 15.6 Å². The molecule has 2 aromatic heterocycles. The number of aromatic nitrogens is 2. The van der Waals surface area contributed by atoms with Crippen molar-refractivity contribution in [2.24, 2.45) is 7.05 Å². The summed E-state index contributed by atoms with van der Waals surface area (Å²) in [5.41, 5.74) is 0. The van der Waals surface area contributed by atoms with E-state index in [0.717, 1.165) is 31.0 Å². The number of hydrogen-bond donors (Lipinski definition) is 1. The maximum atomic E-state index is 5.93. The molecule has 0 radical (unpaired) electrons. The second-order valence-corrected chi connectivity index (χ2v) is 4.84.